The molecule has 0 aromatic heterocycles. The van der Waals surface area contributed by atoms with Gasteiger partial charge < -0.3 is 9.47 Å². The predicted octanol–water partition coefficient (Wildman–Crippen LogP) is 5.72. The van der Waals surface area contributed by atoms with Crippen LogP contribution in [-0.2, 0) is 19.1 Å². The van der Waals surface area contributed by atoms with E-state index in [9.17, 15) is 9.59 Å². The molecule has 0 unspecified atom stereocenters. The Balaban J connectivity index is 2.17. The smallest absolute Gasteiger partial charge is 0.305 e. The average molecular weight is 355 g/mol. The van der Waals surface area contributed by atoms with Crippen molar-refractivity contribution in [2.75, 3.05) is 13.2 Å². The molecule has 0 aromatic carbocycles. The maximum absolute atomic E-state index is 11.6. The van der Waals surface area contributed by atoms with Gasteiger partial charge in [0.1, 0.15) is 13.2 Å². The zero-order valence-electron chi connectivity index (χ0n) is 16.1. The van der Waals surface area contributed by atoms with Gasteiger partial charge >= 0.3 is 11.9 Å². The van der Waals surface area contributed by atoms with Gasteiger partial charge in [0.15, 0.2) is 0 Å². The minimum Gasteiger partial charge on any atom is -0.462 e. The van der Waals surface area contributed by atoms with Crippen LogP contribution in [0.25, 0.3) is 0 Å². The summed E-state index contributed by atoms with van der Waals surface area (Å²) >= 11 is 0. The lowest BCUT2D eigenvalue weighted by Crippen LogP contribution is -2.13. The maximum Gasteiger partial charge on any atom is 0.305 e. The summed E-state index contributed by atoms with van der Waals surface area (Å²) in [5.41, 5.74) is 0. The van der Waals surface area contributed by atoms with Crippen LogP contribution >= 0.6 is 0 Å². The number of carbonyl (C=O) groups excluding carboxylic acids is 2. The Labute approximate surface area is 154 Å². The Morgan fingerprint density at radius 1 is 0.400 bits per heavy atom. The molecule has 1 rings (SSSR count). The molecule has 146 valence electrons. The first-order valence-corrected chi connectivity index (χ1v) is 10.6. The molecule has 0 aliphatic carbocycles. The summed E-state index contributed by atoms with van der Waals surface area (Å²) in [7, 11) is 0. The van der Waals surface area contributed by atoms with Gasteiger partial charge in [0, 0.05) is 12.8 Å². The molecule has 25 heavy (non-hydrogen) atoms. The van der Waals surface area contributed by atoms with E-state index in [-0.39, 0.29) is 25.2 Å². The van der Waals surface area contributed by atoms with E-state index in [1.54, 1.807) is 0 Å². The molecule has 1 aliphatic heterocycles. The summed E-state index contributed by atoms with van der Waals surface area (Å²) in [6, 6.07) is 0. The molecular weight excluding hydrogens is 316 g/mol. The molecule has 0 N–H and O–H groups in total. The summed E-state index contributed by atoms with van der Waals surface area (Å²) in [5, 5.41) is 0. The Kier molecular flexibility index (Phi) is 14.4. The molecule has 1 aliphatic rings. The number of hydrogen-bond donors (Lipinski definition) is 0. The van der Waals surface area contributed by atoms with Crippen LogP contribution in [-0.4, -0.2) is 25.2 Å². The fourth-order valence-electron chi connectivity index (χ4n) is 3.29. The van der Waals surface area contributed by atoms with Gasteiger partial charge in [-0.1, -0.05) is 83.5 Å². The van der Waals surface area contributed by atoms with Gasteiger partial charge in [-0.15, -0.1) is 0 Å². The van der Waals surface area contributed by atoms with E-state index in [0.717, 1.165) is 25.7 Å². The monoisotopic (exact) mass is 354 g/mol. The van der Waals surface area contributed by atoms with Crippen LogP contribution in [0.1, 0.15) is 109 Å². The first kappa shape index (κ1) is 22.0. The molecule has 1 fully saturated rings. The molecule has 0 saturated carbocycles. The lowest BCUT2D eigenvalue weighted by atomic mass is 10.0. The van der Waals surface area contributed by atoms with Crippen molar-refractivity contribution >= 4 is 11.9 Å². The van der Waals surface area contributed by atoms with Crippen molar-refractivity contribution in [2.45, 2.75) is 109 Å². The largest absolute Gasteiger partial charge is 0.462 e. The SMILES string of the molecule is O=C1CCCCCCCCCCCCCCCCCC(=O)OCCO1. The van der Waals surface area contributed by atoms with Crippen LogP contribution < -0.4 is 0 Å². The van der Waals surface area contributed by atoms with Gasteiger partial charge in [-0.25, -0.2) is 0 Å². The van der Waals surface area contributed by atoms with Gasteiger partial charge in [-0.3, -0.25) is 9.59 Å². The first-order valence-electron chi connectivity index (χ1n) is 10.6. The highest BCUT2D eigenvalue weighted by Crippen LogP contribution is 2.14. The highest BCUT2D eigenvalue weighted by molar-refractivity contribution is 5.70. The second-order valence-electron chi connectivity index (χ2n) is 7.24. The molecule has 4 heteroatoms. The van der Waals surface area contributed by atoms with E-state index in [1.807, 2.05) is 0 Å². The molecular formula is C21H38O4. The van der Waals surface area contributed by atoms with E-state index < -0.39 is 0 Å². The van der Waals surface area contributed by atoms with Crippen LogP contribution in [0.15, 0.2) is 0 Å². The molecule has 1 heterocycles. The number of rotatable bonds is 0. The fraction of sp³-hybridized carbons (Fsp3) is 0.905. The molecule has 0 atom stereocenters. The third-order valence-electron chi connectivity index (χ3n) is 4.87. The quantitative estimate of drug-likeness (QED) is 0.522. The Bertz CT molecular complexity index is 309. The fourth-order valence-corrected chi connectivity index (χ4v) is 3.29. The highest BCUT2D eigenvalue weighted by atomic mass is 16.6. The summed E-state index contributed by atoms with van der Waals surface area (Å²) in [5.74, 6) is -0.344. The van der Waals surface area contributed by atoms with Crippen LogP contribution in [0, 0.1) is 0 Å². The number of hydrogen-bond acceptors (Lipinski definition) is 4. The molecule has 0 amide bonds. The van der Waals surface area contributed by atoms with Crippen LogP contribution in [0.5, 0.6) is 0 Å². The van der Waals surface area contributed by atoms with Crippen molar-refractivity contribution in [1.29, 1.82) is 0 Å². The van der Waals surface area contributed by atoms with E-state index in [2.05, 4.69) is 0 Å². The van der Waals surface area contributed by atoms with Crippen LogP contribution in [0.3, 0.4) is 0 Å². The lowest BCUT2D eigenvalue weighted by Gasteiger charge is -2.06. The Morgan fingerprint density at radius 2 is 0.640 bits per heavy atom. The van der Waals surface area contributed by atoms with Crippen LogP contribution in [0.4, 0.5) is 0 Å². The molecule has 0 radical (unpaired) electrons. The van der Waals surface area contributed by atoms with Gasteiger partial charge in [-0.05, 0) is 12.8 Å². The Hall–Kier alpha value is -1.06. The third-order valence-corrected chi connectivity index (χ3v) is 4.87. The predicted molar refractivity (Wildman–Crippen MR) is 100 cm³/mol. The second-order valence-corrected chi connectivity index (χ2v) is 7.24. The minimum atomic E-state index is -0.172. The van der Waals surface area contributed by atoms with Crippen molar-refractivity contribution in [2.24, 2.45) is 0 Å². The topological polar surface area (TPSA) is 52.6 Å². The molecule has 4 nitrogen and oxygen atoms in total. The van der Waals surface area contributed by atoms with Crippen molar-refractivity contribution in [1.82, 2.24) is 0 Å². The van der Waals surface area contributed by atoms with E-state index >= 15 is 0 Å². The summed E-state index contributed by atoms with van der Waals surface area (Å²) in [6.45, 7) is 0.370. The zero-order chi connectivity index (χ0) is 18.0. The highest BCUT2D eigenvalue weighted by Gasteiger charge is 2.06. The minimum absolute atomic E-state index is 0.172. The number of esters is 2. The van der Waals surface area contributed by atoms with Crippen LogP contribution in [0.2, 0.25) is 0 Å². The van der Waals surface area contributed by atoms with Crippen molar-refractivity contribution in [3.05, 3.63) is 0 Å². The van der Waals surface area contributed by atoms with E-state index in [0.29, 0.717) is 12.8 Å². The summed E-state index contributed by atoms with van der Waals surface area (Å²) in [6.07, 6.45) is 19.4. The zero-order valence-corrected chi connectivity index (χ0v) is 16.1. The summed E-state index contributed by atoms with van der Waals surface area (Å²) < 4.78 is 10.2. The molecule has 1 saturated heterocycles. The average Bonchev–Trinajstić information content (AvgIpc) is 2.60. The molecule has 0 aromatic rings. The Morgan fingerprint density at radius 3 is 0.920 bits per heavy atom. The normalized spacial score (nSPS) is 22.6. The van der Waals surface area contributed by atoms with Crippen molar-refractivity contribution < 1.29 is 19.1 Å². The molecule has 0 bridgehead atoms. The standard InChI is InChI=1S/C21H38O4/c22-20-16-14-12-10-8-6-4-2-1-3-5-7-9-11-13-15-17-21(23)25-19-18-24-20/h1-19H2. The third kappa shape index (κ3) is 14.9. The van der Waals surface area contributed by atoms with Gasteiger partial charge in [0.2, 0.25) is 0 Å². The van der Waals surface area contributed by atoms with Gasteiger partial charge in [0.25, 0.3) is 0 Å². The number of carbonyl (C=O) groups is 2. The number of ether oxygens (including phenoxy) is 2. The van der Waals surface area contributed by atoms with E-state index in [1.165, 1.54) is 70.6 Å². The lowest BCUT2D eigenvalue weighted by molar-refractivity contribution is -0.152. The maximum atomic E-state index is 11.6. The van der Waals surface area contributed by atoms with E-state index in [4.69, 9.17) is 9.47 Å². The van der Waals surface area contributed by atoms with Gasteiger partial charge in [-0.2, -0.15) is 0 Å². The summed E-state index contributed by atoms with van der Waals surface area (Å²) in [4.78, 5) is 23.2. The first-order chi connectivity index (χ1) is 12.3. The van der Waals surface area contributed by atoms with Crippen molar-refractivity contribution in [3.63, 3.8) is 0 Å². The van der Waals surface area contributed by atoms with Crippen molar-refractivity contribution in [3.8, 4) is 0 Å². The molecule has 0 spiro atoms. The second kappa shape index (κ2) is 16.4. The number of cyclic esters (lactones) is 2. The van der Waals surface area contributed by atoms with Gasteiger partial charge in [0.05, 0.1) is 0 Å².